The number of fused-ring (bicyclic) bond motifs is 1. The minimum atomic E-state index is -0.451. The van der Waals surface area contributed by atoms with E-state index in [2.05, 4.69) is 0 Å². The smallest absolute Gasteiger partial charge is 0.234 e. The number of aryl methyl sites for hydroxylation is 1. The molecule has 1 aromatic carbocycles. The second-order valence-electron chi connectivity index (χ2n) is 7.35. The van der Waals surface area contributed by atoms with E-state index in [4.69, 9.17) is 4.74 Å². The third-order valence-corrected chi connectivity index (χ3v) is 5.21. The molecular formula is C22H30O4. The first kappa shape index (κ1) is 20.5. The third-order valence-electron chi connectivity index (χ3n) is 5.21. The van der Waals surface area contributed by atoms with Gasteiger partial charge in [0.05, 0.1) is 12.7 Å². The molecular weight excluding hydrogens is 328 g/mol. The highest BCUT2D eigenvalue weighted by Crippen LogP contribution is 2.39. The Morgan fingerprint density at radius 2 is 1.85 bits per heavy atom. The van der Waals surface area contributed by atoms with E-state index in [1.165, 1.54) is 0 Å². The molecule has 4 heteroatoms. The van der Waals surface area contributed by atoms with Crippen molar-refractivity contribution in [1.29, 1.82) is 0 Å². The zero-order chi connectivity index (χ0) is 19.6. The third kappa shape index (κ3) is 3.67. The van der Waals surface area contributed by atoms with Gasteiger partial charge < -0.3 is 9.84 Å². The number of aliphatic hydroxyl groups excluding tert-OH is 1. The zero-order valence-electron chi connectivity index (χ0n) is 16.7. The van der Waals surface area contributed by atoms with Gasteiger partial charge in [-0.3, -0.25) is 9.59 Å². The lowest BCUT2D eigenvalue weighted by Gasteiger charge is -2.21. The van der Waals surface area contributed by atoms with E-state index in [0.29, 0.717) is 17.6 Å². The maximum Gasteiger partial charge on any atom is 0.234 e. The minimum Gasteiger partial charge on any atom is -0.393 e. The molecule has 1 aromatic rings. The molecule has 0 bridgehead atoms. The zero-order valence-corrected chi connectivity index (χ0v) is 16.7. The fourth-order valence-corrected chi connectivity index (χ4v) is 3.46. The van der Waals surface area contributed by atoms with Crippen LogP contribution in [-0.4, -0.2) is 35.0 Å². The molecule has 1 heterocycles. The van der Waals surface area contributed by atoms with E-state index in [-0.39, 0.29) is 24.4 Å². The predicted molar refractivity (Wildman–Crippen MR) is 103 cm³/mol. The molecule has 0 spiro atoms. The quantitative estimate of drug-likeness (QED) is 0.640. The highest BCUT2D eigenvalue weighted by Gasteiger charge is 2.51. The van der Waals surface area contributed by atoms with E-state index in [0.717, 1.165) is 23.1 Å². The van der Waals surface area contributed by atoms with Gasteiger partial charge >= 0.3 is 0 Å². The Balaban J connectivity index is 0.00000117. The molecule has 1 saturated heterocycles. The molecule has 3 rings (SSSR count). The number of benzene rings is 1. The van der Waals surface area contributed by atoms with E-state index in [1.54, 1.807) is 0 Å². The topological polar surface area (TPSA) is 66.9 Å². The number of aliphatic hydroxyl groups is 1. The van der Waals surface area contributed by atoms with Crippen molar-refractivity contribution in [2.24, 2.45) is 5.92 Å². The number of Topliss-reactive ketones (excluding diaryl/α,β-unsaturated/α-hetero) is 2. The molecule has 0 saturated carbocycles. The van der Waals surface area contributed by atoms with Gasteiger partial charge in [0.25, 0.3) is 0 Å². The number of hydrogen-bond acceptors (Lipinski definition) is 4. The lowest BCUT2D eigenvalue weighted by Crippen LogP contribution is -2.26. The Morgan fingerprint density at radius 3 is 2.38 bits per heavy atom. The Morgan fingerprint density at radius 1 is 1.19 bits per heavy atom. The number of ether oxygens (including phenoxy) is 1. The molecule has 142 valence electrons. The molecule has 0 aromatic heterocycles. The lowest BCUT2D eigenvalue weighted by atomic mass is 9.80. The van der Waals surface area contributed by atoms with Gasteiger partial charge in [0.15, 0.2) is 0 Å². The van der Waals surface area contributed by atoms with Crippen molar-refractivity contribution in [3.05, 3.63) is 40.0 Å². The van der Waals surface area contributed by atoms with E-state index < -0.39 is 11.4 Å². The number of allylic oxidation sites excluding steroid dienone is 1. The van der Waals surface area contributed by atoms with Crippen LogP contribution in [0.3, 0.4) is 0 Å². The van der Waals surface area contributed by atoms with Gasteiger partial charge in [0, 0.05) is 11.1 Å². The van der Waals surface area contributed by atoms with Crippen LogP contribution in [0.1, 0.15) is 68.1 Å². The molecule has 1 aliphatic heterocycles. The van der Waals surface area contributed by atoms with Gasteiger partial charge in [0.2, 0.25) is 11.6 Å². The van der Waals surface area contributed by atoms with E-state index in [1.807, 2.05) is 59.8 Å². The largest absolute Gasteiger partial charge is 0.393 e. The molecule has 26 heavy (non-hydrogen) atoms. The first-order chi connectivity index (χ1) is 12.3. The molecule has 1 fully saturated rings. The van der Waals surface area contributed by atoms with Crippen molar-refractivity contribution < 1.29 is 19.4 Å². The summed E-state index contributed by atoms with van der Waals surface area (Å²) < 4.78 is 5.54. The van der Waals surface area contributed by atoms with Crippen molar-refractivity contribution in [2.75, 3.05) is 6.61 Å². The SMILES string of the molecule is CC.Cc1ccc2c(c1CCC1OC1(C)CO)C(=O)C(=O)C(C(C)C)=C2. The summed E-state index contributed by atoms with van der Waals surface area (Å²) in [7, 11) is 0. The number of hydrogen-bond donors (Lipinski definition) is 1. The second-order valence-corrected chi connectivity index (χ2v) is 7.35. The second kappa shape index (κ2) is 7.85. The average molecular weight is 358 g/mol. The summed E-state index contributed by atoms with van der Waals surface area (Å²) in [4.78, 5) is 25.1. The van der Waals surface area contributed by atoms with Crippen LogP contribution >= 0.6 is 0 Å². The number of ketones is 2. The Kier molecular flexibility index (Phi) is 6.20. The summed E-state index contributed by atoms with van der Waals surface area (Å²) in [5, 5.41) is 9.31. The van der Waals surface area contributed by atoms with Crippen molar-refractivity contribution >= 4 is 17.6 Å². The molecule has 4 nitrogen and oxygen atoms in total. The fourth-order valence-electron chi connectivity index (χ4n) is 3.46. The average Bonchev–Trinajstić information content (AvgIpc) is 3.29. The first-order valence-electron chi connectivity index (χ1n) is 9.50. The normalized spacial score (nSPS) is 24.0. The van der Waals surface area contributed by atoms with Crippen LogP contribution in [0.25, 0.3) is 6.08 Å². The standard InChI is InChI=1S/C20H24O4.C2H6/c1-11(2)15-9-13-6-5-12(3)14(17(13)19(23)18(15)22)7-8-16-20(4,10-21)24-16;1-2/h5-6,9,11,16,21H,7-8,10H2,1-4H3;1-2H3. The Hall–Kier alpha value is -1.78. The van der Waals surface area contributed by atoms with Crippen molar-refractivity contribution in [3.8, 4) is 0 Å². The van der Waals surface area contributed by atoms with Crippen molar-refractivity contribution in [3.63, 3.8) is 0 Å². The van der Waals surface area contributed by atoms with Gasteiger partial charge in [-0.15, -0.1) is 0 Å². The molecule has 0 amide bonds. The maximum absolute atomic E-state index is 12.7. The summed E-state index contributed by atoms with van der Waals surface area (Å²) in [6.45, 7) is 11.7. The van der Waals surface area contributed by atoms with Crippen LogP contribution in [0.4, 0.5) is 0 Å². The van der Waals surface area contributed by atoms with Gasteiger partial charge in [-0.25, -0.2) is 0 Å². The highest BCUT2D eigenvalue weighted by molar-refractivity contribution is 6.52. The van der Waals surface area contributed by atoms with Gasteiger partial charge in [-0.2, -0.15) is 0 Å². The van der Waals surface area contributed by atoms with Crippen LogP contribution < -0.4 is 0 Å². The maximum atomic E-state index is 12.7. The number of epoxide rings is 1. The van der Waals surface area contributed by atoms with Crippen molar-refractivity contribution in [1.82, 2.24) is 0 Å². The predicted octanol–water partition coefficient (Wildman–Crippen LogP) is 3.91. The first-order valence-corrected chi connectivity index (χ1v) is 9.50. The van der Waals surface area contributed by atoms with Crippen LogP contribution in [0, 0.1) is 12.8 Å². The molecule has 2 atom stereocenters. The van der Waals surface area contributed by atoms with Gasteiger partial charge in [0.1, 0.15) is 5.60 Å². The monoisotopic (exact) mass is 358 g/mol. The molecule has 0 radical (unpaired) electrons. The molecule has 2 unspecified atom stereocenters. The minimum absolute atomic E-state index is 0.00144. The summed E-state index contributed by atoms with van der Waals surface area (Å²) in [5.74, 6) is -0.742. The number of carbonyl (C=O) groups excluding carboxylic acids is 2. The summed E-state index contributed by atoms with van der Waals surface area (Å²) in [5.41, 5.74) is 3.47. The number of carbonyl (C=O) groups is 2. The lowest BCUT2D eigenvalue weighted by molar-refractivity contribution is -0.112. The van der Waals surface area contributed by atoms with Gasteiger partial charge in [-0.05, 0) is 55.4 Å². The summed E-state index contributed by atoms with van der Waals surface area (Å²) >= 11 is 0. The number of rotatable bonds is 5. The highest BCUT2D eigenvalue weighted by atomic mass is 16.6. The molecule has 2 aliphatic rings. The van der Waals surface area contributed by atoms with Crippen LogP contribution in [0.15, 0.2) is 17.7 Å². The van der Waals surface area contributed by atoms with E-state index >= 15 is 0 Å². The molecule has 1 aliphatic carbocycles. The van der Waals surface area contributed by atoms with E-state index in [9.17, 15) is 14.7 Å². The Bertz CT molecular complexity index is 745. The molecule has 1 N–H and O–H groups in total. The van der Waals surface area contributed by atoms with Crippen LogP contribution in [0.2, 0.25) is 0 Å². The fraction of sp³-hybridized carbons (Fsp3) is 0.545. The summed E-state index contributed by atoms with van der Waals surface area (Å²) in [6.07, 6.45) is 3.27. The van der Waals surface area contributed by atoms with Gasteiger partial charge in [-0.1, -0.05) is 39.8 Å². The van der Waals surface area contributed by atoms with Crippen LogP contribution in [0.5, 0.6) is 0 Å². The Labute approximate surface area is 156 Å². The van der Waals surface area contributed by atoms with Crippen molar-refractivity contribution in [2.45, 2.75) is 66.1 Å². The summed E-state index contributed by atoms with van der Waals surface area (Å²) in [6, 6.07) is 3.93. The van der Waals surface area contributed by atoms with Crippen LogP contribution in [-0.2, 0) is 16.0 Å².